The van der Waals surface area contributed by atoms with Gasteiger partial charge in [-0.2, -0.15) is 0 Å². The first-order chi connectivity index (χ1) is 8.58. The highest BCUT2D eigenvalue weighted by Crippen LogP contribution is 2.27. The van der Waals surface area contributed by atoms with E-state index in [4.69, 9.17) is 9.63 Å². The van der Waals surface area contributed by atoms with Crippen molar-refractivity contribution >= 4 is 5.97 Å². The number of carbonyl (C=O) groups is 1. The van der Waals surface area contributed by atoms with Crippen molar-refractivity contribution in [3.63, 3.8) is 0 Å². The molecule has 5 heteroatoms. The zero-order valence-electron chi connectivity index (χ0n) is 9.81. The Hall–Kier alpha value is -2.17. The van der Waals surface area contributed by atoms with Crippen LogP contribution in [0, 0.1) is 12.7 Å². The molecule has 1 aromatic carbocycles. The van der Waals surface area contributed by atoms with Crippen LogP contribution < -0.4 is 0 Å². The van der Waals surface area contributed by atoms with E-state index in [1.807, 2.05) is 0 Å². The van der Waals surface area contributed by atoms with Crippen molar-refractivity contribution < 1.29 is 18.8 Å². The lowest BCUT2D eigenvalue weighted by atomic mass is 10.0. The molecular weight excluding hydrogens is 237 g/mol. The fraction of sp³-hybridized carbons (Fsp3) is 0.231. The van der Waals surface area contributed by atoms with Gasteiger partial charge in [0.05, 0.1) is 5.69 Å². The first-order valence-corrected chi connectivity index (χ1v) is 5.51. The number of aryl methyl sites for hydroxylation is 1. The molecule has 4 nitrogen and oxygen atoms in total. The summed E-state index contributed by atoms with van der Waals surface area (Å²) in [5, 5.41) is 12.5. The van der Waals surface area contributed by atoms with Gasteiger partial charge in [-0.25, -0.2) is 4.39 Å². The number of aliphatic carboxylic acids is 1. The average molecular weight is 249 g/mol. The van der Waals surface area contributed by atoms with Crippen LogP contribution in [0.25, 0.3) is 11.3 Å². The van der Waals surface area contributed by atoms with Crippen LogP contribution in [0.5, 0.6) is 0 Å². The van der Waals surface area contributed by atoms with Crippen LogP contribution in [-0.2, 0) is 11.2 Å². The van der Waals surface area contributed by atoms with Crippen LogP contribution in [0.15, 0.2) is 28.8 Å². The standard InChI is InChI=1S/C13H12FNO3/c1-8-11(6-7-12(16)17)13(18-15-8)9-2-4-10(14)5-3-9/h2-5H,6-7H2,1H3,(H,16,17). The van der Waals surface area contributed by atoms with Gasteiger partial charge in [0, 0.05) is 17.5 Å². The highest BCUT2D eigenvalue weighted by Gasteiger charge is 2.15. The van der Waals surface area contributed by atoms with E-state index < -0.39 is 5.97 Å². The summed E-state index contributed by atoms with van der Waals surface area (Å²) >= 11 is 0. The molecule has 0 fully saturated rings. The van der Waals surface area contributed by atoms with Gasteiger partial charge in [0.2, 0.25) is 0 Å². The minimum Gasteiger partial charge on any atom is -0.481 e. The molecule has 0 amide bonds. The van der Waals surface area contributed by atoms with Crippen molar-refractivity contribution in [1.29, 1.82) is 0 Å². The molecule has 0 aliphatic carbocycles. The minimum absolute atomic E-state index is 0.0102. The summed E-state index contributed by atoms with van der Waals surface area (Å²) in [6.07, 6.45) is 0.355. The third kappa shape index (κ3) is 2.56. The zero-order chi connectivity index (χ0) is 13.1. The summed E-state index contributed by atoms with van der Waals surface area (Å²) in [4.78, 5) is 10.6. The Kier molecular flexibility index (Phi) is 3.41. The van der Waals surface area contributed by atoms with Gasteiger partial charge in [-0.3, -0.25) is 4.79 Å². The van der Waals surface area contributed by atoms with Crippen molar-refractivity contribution in [2.75, 3.05) is 0 Å². The second-order valence-electron chi connectivity index (χ2n) is 3.98. The van der Waals surface area contributed by atoms with E-state index in [1.165, 1.54) is 12.1 Å². The number of carboxylic acid groups (broad SMARTS) is 1. The SMILES string of the molecule is Cc1noc(-c2ccc(F)cc2)c1CCC(=O)O. The Morgan fingerprint density at radius 1 is 1.39 bits per heavy atom. The topological polar surface area (TPSA) is 63.3 Å². The van der Waals surface area contributed by atoms with Crippen molar-refractivity contribution in [1.82, 2.24) is 5.16 Å². The van der Waals surface area contributed by atoms with E-state index >= 15 is 0 Å². The number of aromatic nitrogens is 1. The molecule has 1 N–H and O–H groups in total. The molecular formula is C13H12FNO3. The largest absolute Gasteiger partial charge is 0.481 e. The molecule has 1 heterocycles. The number of benzene rings is 1. The number of halogens is 1. The van der Waals surface area contributed by atoms with Crippen molar-refractivity contribution in [2.24, 2.45) is 0 Å². The smallest absolute Gasteiger partial charge is 0.303 e. The molecule has 0 unspecified atom stereocenters. The molecule has 0 saturated heterocycles. The summed E-state index contributed by atoms with van der Waals surface area (Å²) in [7, 11) is 0. The minimum atomic E-state index is -0.874. The third-order valence-electron chi connectivity index (χ3n) is 2.68. The molecule has 2 rings (SSSR count). The lowest BCUT2D eigenvalue weighted by Gasteiger charge is -2.01. The van der Waals surface area contributed by atoms with Gasteiger partial charge in [0.1, 0.15) is 5.82 Å². The molecule has 0 radical (unpaired) electrons. The van der Waals surface area contributed by atoms with Gasteiger partial charge in [-0.1, -0.05) is 5.16 Å². The van der Waals surface area contributed by atoms with E-state index in [0.29, 0.717) is 23.4 Å². The fourth-order valence-corrected chi connectivity index (χ4v) is 1.74. The molecule has 0 aliphatic rings. The maximum atomic E-state index is 12.8. The number of rotatable bonds is 4. The Balaban J connectivity index is 2.33. The monoisotopic (exact) mass is 249 g/mol. The molecule has 2 aromatic rings. The number of carboxylic acids is 1. The van der Waals surface area contributed by atoms with E-state index in [-0.39, 0.29) is 12.2 Å². The zero-order valence-corrected chi connectivity index (χ0v) is 9.81. The van der Waals surface area contributed by atoms with E-state index in [1.54, 1.807) is 19.1 Å². The second-order valence-corrected chi connectivity index (χ2v) is 3.98. The number of hydrogen-bond acceptors (Lipinski definition) is 3. The summed E-state index contributed by atoms with van der Waals surface area (Å²) in [6, 6.07) is 5.82. The van der Waals surface area contributed by atoms with Gasteiger partial charge in [0.15, 0.2) is 5.76 Å². The normalized spacial score (nSPS) is 10.6. The second kappa shape index (κ2) is 5.00. The van der Waals surface area contributed by atoms with E-state index in [2.05, 4.69) is 5.16 Å². The van der Waals surface area contributed by atoms with Gasteiger partial charge < -0.3 is 9.63 Å². The van der Waals surface area contributed by atoms with Crippen molar-refractivity contribution in [3.8, 4) is 11.3 Å². The van der Waals surface area contributed by atoms with Crippen molar-refractivity contribution in [2.45, 2.75) is 19.8 Å². The van der Waals surface area contributed by atoms with Crippen LogP contribution in [-0.4, -0.2) is 16.2 Å². The lowest BCUT2D eigenvalue weighted by molar-refractivity contribution is -0.136. The third-order valence-corrected chi connectivity index (χ3v) is 2.68. The van der Waals surface area contributed by atoms with Gasteiger partial charge in [-0.15, -0.1) is 0 Å². The maximum absolute atomic E-state index is 12.8. The molecule has 18 heavy (non-hydrogen) atoms. The van der Waals surface area contributed by atoms with Gasteiger partial charge in [0.25, 0.3) is 0 Å². The highest BCUT2D eigenvalue weighted by molar-refractivity contribution is 5.68. The van der Waals surface area contributed by atoms with E-state index in [9.17, 15) is 9.18 Å². The molecule has 1 aromatic heterocycles. The molecule has 0 spiro atoms. The molecule has 0 bridgehead atoms. The van der Waals surface area contributed by atoms with E-state index in [0.717, 1.165) is 5.56 Å². The summed E-state index contributed by atoms with van der Waals surface area (Å²) in [6.45, 7) is 1.76. The van der Waals surface area contributed by atoms with Gasteiger partial charge >= 0.3 is 5.97 Å². The highest BCUT2D eigenvalue weighted by atomic mass is 19.1. The molecule has 0 atom stereocenters. The first-order valence-electron chi connectivity index (χ1n) is 5.51. The summed E-state index contributed by atoms with van der Waals surface area (Å²) < 4.78 is 18.0. The molecule has 0 saturated carbocycles. The predicted molar refractivity (Wildman–Crippen MR) is 62.6 cm³/mol. The van der Waals surface area contributed by atoms with Crippen LogP contribution in [0.3, 0.4) is 0 Å². The maximum Gasteiger partial charge on any atom is 0.303 e. The van der Waals surface area contributed by atoms with Gasteiger partial charge in [-0.05, 0) is 37.6 Å². The Morgan fingerprint density at radius 3 is 2.67 bits per heavy atom. The summed E-state index contributed by atoms with van der Waals surface area (Å²) in [5.41, 5.74) is 2.11. The number of hydrogen-bond donors (Lipinski definition) is 1. The first kappa shape index (κ1) is 12.3. The predicted octanol–water partition coefficient (Wildman–Crippen LogP) is 2.81. The average Bonchev–Trinajstić information content (AvgIpc) is 2.69. The quantitative estimate of drug-likeness (QED) is 0.904. The molecule has 94 valence electrons. The fourth-order valence-electron chi connectivity index (χ4n) is 1.74. The van der Waals surface area contributed by atoms with Crippen molar-refractivity contribution in [3.05, 3.63) is 41.3 Å². The Bertz CT molecular complexity index is 560. The lowest BCUT2D eigenvalue weighted by Crippen LogP contribution is -1.99. The van der Waals surface area contributed by atoms with Crippen LogP contribution >= 0.6 is 0 Å². The van der Waals surface area contributed by atoms with Crippen LogP contribution in [0.4, 0.5) is 4.39 Å². The molecule has 0 aliphatic heterocycles. The Morgan fingerprint density at radius 2 is 2.06 bits per heavy atom. The Labute approximate surface area is 103 Å². The van der Waals surface area contributed by atoms with Crippen LogP contribution in [0.2, 0.25) is 0 Å². The summed E-state index contributed by atoms with van der Waals surface area (Å²) in [5.74, 6) is -0.698. The van der Waals surface area contributed by atoms with Crippen LogP contribution in [0.1, 0.15) is 17.7 Å². The number of nitrogens with zero attached hydrogens (tertiary/aromatic N) is 1.